The molecule has 2 aliphatic heterocycles. The molecule has 1 aromatic carbocycles. The lowest BCUT2D eigenvalue weighted by molar-refractivity contribution is -0.117. The first-order chi connectivity index (χ1) is 17.3. The third kappa shape index (κ3) is 4.28. The maximum absolute atomic E-state index is 12.8. The topological polar surface area (TPSA) is 114 Å². The molecule has 2 N–H and O–H groups in total. The molecule has 2 saturated heterocycles. The zero-order chi connectivity index (χ0) is 25.0. The number of carbonyl (C=O) groups is 1. The minimum absolute atomic E-state index is 0.0258. The fraction of sp³-hybridized carbons (Fsp3) is 0.538. The number of pyridine rings is 1. The Bertz CT molecular complexity index is 1310. The highest BCUT2D eigenvalue weighted by atomic mass is 35.5. The molecule has 6 rings (SSSR count). The minimum Gasteiger partial charge on any atom is -0.389 e. The van der Waals surface area contributed by atoms with Gasteiger partial charge in [0.2, 0.25) is 11.8 Å². The molecule has 3 fully saturated rings. The molecule has 0 bridgehead atoms. The number of hydrogen-bond donors (Lipinski definition) is 2. The summed E-state index contributed by atoms with van der Waals surface area (Å²) in [4.78, 5) is 23.8. The minimum atomic E-state index is -0.457. The van der Waals surface area contributed by atoms with Gasteiger partial charge < -0.3 is 19.7 Å². The van der Waals surface area contributed by atoms with Gasteiger partial charge >= 0.3 is 0 Å². The van der Waals surface area contributed by atoms with Crippen LogP contribution in [0.15, 0.2) is 28.9 Å². The monoisotopic (exact) mass is 511 g/mol. The molecule has 0 spiro atoms. The van der Waals surface area contributed by atoms with Crippen LogP contribution in [0.25, 0.3) is 10.8 Å². The van der Waals surface area contributed by atoms with Crippen molar-refractivity contribution < 1.29 is 19.2 Å². The lowest BCUT2D eigenvalue weighted by atomic mass is 9.85. The van der Waals surface area contributed by atoms with Crippen LogP contribution in [0, 0.1) is 12.8 Å². The largest absolute Gasteiger partial charge is 0.389 e. The average Bonchev–Trinajstić information content (AvgIpc) is 3.44. The summed E-state index contributed by atoms with van der Waals surface area (Å²) in [5.41, 5.74) is 0.800. The van der Waals surface area contributed by atoms with Crippen LogP contribution in [-0.4, -0.2) is 69.0 Å². The van der Waals surface area contributed by atoms with Crippen molar-refractivity contribution in [2.75, 3.05) is 31.6 Å². The van der Waals surface area contributed by atoms with Crippen molar-refractivity contribution in [2.45, 2.75) is 56.6 Å². The number of aliphatic hydroxyl groups excluding tert-OH is 1. The van der Waals surface area contributed by atoms with Gasteiger partial charge in [0.25, 0.3) is 0 Å². The van der Waals surface area contributed by atoms with E-state index in [0.717, 1.165) is 47.3 Å². The van der Waals surface area contributed by atoms with Gasteiger partial charge in [-0.05, 0) is 81.3 Å². The average molecular weight is 512 g/mol. The number of nitrogens with zero attached hydrogens (tertiary/aromatic N) is 4. The number of rotatable bonds is 5. The normalized spacial score (nSPS) is 29.1. The molecule has 1 amide bonds. The van der Waals surface area contributed by atoms with E-state index in [9.17, 15) is 9.90 Å². The molecule has 0 unspecified atom stereocenters. The number of likely N-dealkylation sites (tertiary alicyclic amines) is 1. The van der Waals surface area contributed by atoms with Crippen molar-refractivity contribution in [1.29, 1.82) is 0 Å². The Morgan fingerprint density at radius 1 is 1.25 bits per heavy atom. The Kier molecular flexibility index (Phi) is 5.99. The van der Waals surface area contributed by atoms with E-state index < -0.39 is 6.10 Å². The van der Waals surface area contributed by atoms with Crippen molar-refractivity contribution in [2.24, 2.45) is 5.92 Å². The number of nitrogens with one attached hydrogen (secondary N) is 1. The van der Waals surface area contributed by atoms with Gasteiger partial charge in [-0.3, -0.25) is 9.69 Å². The van der Waals surface area contributed by atoms with Gasteiger partial charge in [-0.2, -0.15) is 4.98 Å². The van der Waals surface area contributed by atoms with Gasteiger partial charge in [-0.1, -0.05) is 16.8 Å². The molecule has 190 valence electrons. The molecule has 0 radical (unpaired) electrons. The second-order valence-corrected chi connectivity index (χ2v) is 11.0. The smallest absolute Gasteiger partial charge is 0.230 e. The molecule has 4 heterocycles. The van der Waals surface area contributed by atoms with Gasteiger partial charge in [-0.25, -0.2) is 4.98 Å². The molecule has 10 heteroatoms. The van der Waals surface area contributed by atoms with E-state index in [4.69, 9.17) is 20.9 Å². The number of anilines is 1. The van der Waals surface area contributed by atoms with Gasteiger partial charge in [0, 0.05) is 16.6 Å². The molecular formula is C26H30ClN5O4. The number of amides is 1. The molecule has 9 nitrogen and oxygen atoms in total. The fourth-order valence-electron chi connectivity index (χ4n) is 5.66. The lowest BCUT2D eigenvalue weighted by Gasteiger charge is -2.43. The van der Waals surface area contributed by atoms with E-state index in [2.05, 4.69) is 38.3 Å². The number of fused-ring (bicyclic) bond motifs is 1. The van der Waals surface area contributed by atoms with Crippen LogP contribution in [0.5, 0.6) is 0 Å². The van der Waals surface area contributed by atoms with Crippen molar-refractivity contribution in [1.82, 2.24) is 20.0 Å². The Labute approximate surface area is 214 Å². The highest BCUT2D eigenvalue weighted by Crippen LogP contribution is 2.47. The Balaban J connectivity index is 1.15. The van der Waals surface area contributed by atoms with E-state index >= 15 is 0 Å². The van der Waals surface area contributed by atoms with E-state index in [-0.39, 0.29) is 23.3 Å². The number of carbonyl (C=O) groups excluding carboxylic acids is 1. The summed E-state index contributed by atoms with van der Waals surface area (Å²) >= 11 is 6.71. The first-order valence-electron chi connectivity index (χ1n) is 12.5. The van der Waals surface area contributed by atoms with E-state index in [1.807, 2.05) is 12.1 Å². The maximum Gasteiger partial charge on any atom is 0.230 e. The third-order valence-electron chi connectivity index (χ3n) is 8.12. The fourth-order valence-corrected chi connectivity index (χ4v) is 5.99. The first-order valence-corrected chi connectivity index (χ1v) is 12.9. The predicted molar refractivity (Wildman–Crippen MR) is 134 cm³/mol. The van der Waals surface area contributed by atoms with E-state index in [1.165, 1.54) is 0 Å². The Hall–Kier alpha value is -2.59. The van der Waals surface area contributed by atoms with Crippen molar-refractivity contribution in [3.8, 4) is 0 Å². The molecule has 36 heavy (non-hydrogen) atoms. The highest BCUT2D eigenvalue weighted by molar-refractivity contribution is 6.32. The number of aryl methyl sites for hydroxylation is 1. The second-order valence-electron chi connectivity index (χ2n) is 10.6. The molecule has 3 aliphatic rings. The van der Waals surface area contributed by atoms with Crippen LogP contribution in [0.4, 0.5) is 5.82 Å². The number of benzene rings is 1. The number of aromatic nitrogens is 3. The Morgan fingerprint density at radius 2 is 2.06 bits per heavy atom. The van der Waals surface area contributed by atoms with E-state index in [0.29, 0.717) is 43.1 Å². The lowest BCUT2D eigenvalue weighted by Crippen LogP contribution is -2.56. The first kappa shape index (κ1) is 23.8. The summed E-state index contributed by atoms with van der Waals surface area (Å²) in [5, 5.41) is 19.8. The summed E-state index contributed by atoms with van der Waals surface area (Å²) in [5.74, 6) is 1.65. The predicted octanol–water partition coefficient (Wildman–Crippen LogP) is 3.65. The van der Waals surface area contributed by atoms with Gasteiger partial charge in [0.15, 0.2) is 5.82 Å². The summed E-state index contributed by atoms with van der Waals surface area (Å²) < 4.78 is 10.7. The summed E-state index contributed by atoms with van der Waals surface area (Å²) in [7, 11) is 0. The number of halogens is 1. The zero-order valence-electron chi connectivity index (χ0n) is 20.4. The third-order valence-corrected chi connectivity index (χ3v) is 8.45. The van der Waals surface area contributed by atoms with Crippen LogP contribution in [0.1, 0.15) is 55.3 Å². The molecule has 4 atom stereocenters. The van der Waals surface area contributed by atoms with E-state index in [1.54, 1.807) is 13.1 Å². The molecule has 1 saturated carbocycles. The van der Waals surface area contributed by atoms with Crippen molar-refractivity contribution in [3.05, 3.63) is 46.7 Å². The van der Waals surface area contributed by atoms with Gasteiger partial charge in [0.05, 0.1) is 36.7 Å². The van der Waals surface area contributed by atoms with Crippen LogP contribution in [-0.2, 0) is 9.53 Å². The number of hydrogen-bond acceptors (Lipinski definition) is 8. The summed E-state index contributed by atoms with van der Waals surface area (Å²) in [6, 6.07) is 6.00. The number of aliphatic hydroxyl groups is 1. The molecule has 1 aliphatic carbocycles. The molecule has 3 aromatic rings. The quantitative estimate of drug-likeness (QED) is 0.533. The van der Waals surface area contributed by atoms with Crippen LogP contribution in [0.3, 0.4) is 0 Å². The zero-order valence-corrected chi connectivity index (χ0v) is 21.2. The number of piperidine rings is 1. The second kappa shape index (κ2) is 9.06. The van der Waals surface area contributed by atoms with Crippen LogP contribution >= 0.6 is 11.6 Å². The van der Waals surface area contributed by atoms with Gasteiger partial charge in [0.1, 0.15) is 5.82 Å². The SMILES string of the molecule is Cc1noc([C@H]2C[C@@H]2C(=O)Nc2cc3cc(C4CCN([C@]5(C)COC[C@@H]5O)CC4)c(Cl)cc3cn2)n1. The van der Waals surface area contributed by atoms with Crippen molar-refractivity contribution in [3.63, 3.8) is 0 Å². The van der Waals surface area contributed by atoms with Crippen molar-refractivity contribution >= 4 is 34.1 Å². The van der Waals surface area contributed by atoms with Crippen LogP contribution < -0.4 is 5.32 Å². The van der Waals surface area contributed by atoms with Crippen LogP contribution in [0.2, 0.25) is 5.02 Å². The standard InChI is InChI=1S/C26H30ClN5O4/c1-14-29-25(36-31-14)20-10-19(20)24(34)30-23-9-16-7-18(21(27)8-17(16)11-28-23)15-3-5-32(6-4-15)26(2)13-35-12-22(26)33/h7-9,11,15,19-20,22,33H,3-6,10,12-13H2,1-2H3,(H,28,30,34)/t19-,20-,22-,26+/m0/s1. The maximum atomic E-state index is 12.8. The highest BCUT2D eigenvalue weighted by Gasteiger charge is 2.48. The molecular weight excluding hydrogens is 482 g/mol. The number of ether oxygens (including phenoxy) is 1. The summed E-state index contributed by atoms with van der Waals surface area (Å²) in [6.45, 7) is 6.59. The summed E-state index contributed by atoms with van der Waals surface area (Å²) in [6.07, 6.45) is 3.90. The molecule has 2 aromatic heterocycles. The Morgan fingerprint density at radius 3 is 2.75 bits per heavy atom. The van der Waals surface area contributed by atoms with Gasteiger partial charge in [-0.15, -0.1) is 0 Å².